The number of carbonyl (C=O) groups is 1. The van der Waals surface area contributed by atoms with Crippen LogP contribution in [0, 0.1) is 0 Å². The normalized spacial score (nSPS) is 26.5. The Morgan fingerprint density at radius 3 is 2.90 bits per heavy atom. The molecule has 1 saturated heterocycles. The van der Waals surface area contributed by atoms with E-state index in [-0.39, 0.29) is 6.17 Å². The maximum absolute atomic E-state index is 10.3. The summed E-state index contributed by atoms with van der Waals surface area (Å²) in [4.78, 5) is 11.6. The van der Waals surface area contributed by atoms with E-state index < -0.39 is 6.09 Å². The van der Waals surface area contributed by atoms with Crippen molar-refractivity contribution in [1.82, 2.24) is 10.2 Å². The third-order valence-corrected chi connectivity index (χ3v) is 1.48. The maximum Gasteiger partial charge on any atom is 0.407 e. The summed E-state index contributed by atoms with van der Waals surface area (Å²) in [5.41, 5.74) is 5.45. The van der Waals surface area contributed by atoms with Crippen molar-refractivity contribution in [2.75, 3.05) is 19.6 Å². The summed E-state index contributed by atoms with van der Waals surface area (Å²) < 4.78 is 0. The highest BCUT2D eigenvalue weighted by molar-refractivity contribution is 5.65. The first kappa shape index (κ1) is 7.30. The first-order valence-corrected chi connectivity index (χ1v) is 3.17. The van der Waals surface area contributed by atoms with Crippen LogP contribution in [0.5, 0.6) is 0 Å². The Balaban J connectivity index is 2.39. The number of hydrogen-bond donors (Lipinski definition) is 3. The topological polar surface area (TPSA) is 78.6 Å². The number of amides is 1. The van der Waals surface area contributed by atoms with Crippen LogP contribution in [0.15, 0.2) is 0 Å². The van der Waals surface area contributed by atoms with Gasteiger partial charge in [-0.1, -0.05) is 0 Å². The van der Waals surface area contributed by atoms with Crippen molar-refractivity contribution < 1.29 is 9.90 Å². The maximum atomic E-state index is 10.3. The quantitative estimate of drug-likeness (QED) is 0.402. The molecule has 1 amide bonds. The fourth-order valence-electron chi connectivity index (χ4n) is 0.952. The first-order valence-electron chi connectivity index (χ1n) is 3.17. The van der Waals surface area contributed by atoms with Crippen LogP contribution >= 0.6 is 0 Å². The largest absolute Gasteiger partial charge is 0.465 e. The van der Waals surface area contributed by atoms with E-state index in [1.807, 2.05) is 0 Å². The highest BCUT2D eigenvalue weighted by Crippen LogP contribution is 1.94. The van der Waals surface area contributed by atoms with Crippen LogP contribution in [0.25, 0.3) is 0 Å². The lowest BCUT2D eigenvalue weighted by Crippen LogP contribution is -2.56. The van der Waals surface area contributed by atoms with Gasteiger partial charge in [0.25, 0.3) is 0 Å². The molecule has 0 spiro atoms. The molecule has 1 aliphatic heterocycles. The lowest BCUT2D eigenvalue weighted by molar-refractivity contribution is 0.129. The van der Waals surface area contributed by atoms with E-state index in [4.69, 9.17) is 10.8 Å². The van der Waals surface area contributed by atoms with Crippen molar-refractivity contribution >= 4 is 6.09 Å². The highest BCUT2D eigenvalue weighted by atomic mass is 16.4. The Morgan fingerprint density at radius 1 is 1.80 bits per heavy atom. The standard InChI is InChI=1S/C5H11N3O2/c6-4-3-8(5(9)10)2-1-7-4/h4,7H,1-3,6H2,(H,9,10). The Hall–Kier alpha value is -0.810. The van der Waals surface area contributed by atoms with Crippen molar-refractivity contribution in [3.63, 3.8) is 0 Å². The van der Waals surface area contributed by atoms with Crippen LogP contribution in [0.4, 0.5) is 4.79 Å². The lowest BCUT2D eigenvalue weighted by Gasteiger charge is -2.29. The molecule has 0 aromatic heterocycles. The molecule has 1 atom stereocenters. The van der Waals surface area contributed by atoms with Gasteiger partial charge < -0.3 is 15.7 Å². The van der Waals surface area contributed by atoms with E-state index >= 15 is 0 Å². The second-order valence-electron chi connectivity index (χ2n) is 2.29. The Kier molecular flexibility index (Phi) is 2.08. The molecule has 5 nitrogen and oxygen atoms in total. The van der Waals surface area contributed by atoms with Crippen LogP contribution in [0.1, 0.15) is 0 Å². The molecule has 1 unspecified atom stereocenters. The summed E-state index contributed by atoms with van der Waals surface area (Å²) >= 11 is 0. The molecule has 0 aromatic rings. The van der Waals surface area contributed by atoms with E-state index in [9.17, 15) is 4.79 Å². The van der Waals surface area contributed by atoms with E-state index in [0.717, 1.165) is 0 Å². The van der Waals surface area contributed by atoms with Crippen molar-refractivity contribution in [1.29, 1.82) is 0 Å². The van der Waals surface area contributed by atoms with Gasteiger partial charge in [-0.05, 0) is 0 Å². The lowest BCUT2D eigenvalue weighted by atomic mass is 10.3. The molecule has 0 radical (unpaired) electrons. The molecule has 5 heteroatoms. The van der Waals surface area contributed by atoms with Crippen molar-refractivity contribution in [2.45, 2.75) is 6.17 Å². The van der Waals surface area contributed by atoms with Crippen molar-refractivity contribution in [3.05, 3.63) is 0 Å². The molecule has 10 heavy (non-hydrogen) atoms. The molecule has 1 rings (SSSR count). The molecular weight excluding hydrogens is 134 g/mol. The van der Waals surface area contributed by atoms with Gasteiger partial charge in [0.2, 0.25) is 0 Å². The number of hydrogen-bond acceptors (Lipinski definition) is 3. The molecule has 4 N–H and O–H groups in total. The van der Waals surface area contributed by atoms with E-state index in [1.165, 1.54) is 4.90 Å². The molecule has 58 valence electrons. The number of rotatable bonds is 0. The van der Waals surface area contributed by atoms with E-state index in [2.05, 4.69) is 5.32 Å². The monoisotopic (exact) mass is 145 g/mol. The summed E-state index contributed by atoms with van der Waals surface area (Å²) in [6.45, 7) is 1.56. The average molecular weight is 145 g/mol. The van der Waals surface area contributed by atoms with Crippen LogP contribution in [-0.4, -0.2) is 41.9 Å². The van der Waals surface area contributed by atoms with Crippen LogP contribution < -0.4 is 11.1 Å². The number of nitrogens with zero attached hydrogens (tertiary/aromatic N) is 1. The molecule has 0 bridgehead atoms. The number of carboxylic acid groups (broad SMARTS) is 1. The molecule has 0 aromatic carbocycles. The predicted octanol–water partition coefficient (Wildman–Crippen LogP) is -1.15. The minimum atomic E-state index is -0.892. The zero-order chi connectivity index (χ0) is 7.56. The summed E-state index contributed by atoms with van der Waals surface area (Å²) in [5, 5.41) is 11.4. The fraction of sp³-hybridized carbons (Fsp3) is 0.800. The zero-order valence-electron chi connectivity index (χ0n) is 5.58. The smallest absolute Gasteiger partial charge is 0.407 e. The summed E-state index contributed by atoms with van der Waals surface area (Å²) in [6, 6.07) is 0. The van der Waals surface area contributed by atoms with E-state index in [1.54, 1.807) is 0 Å². The average Bonchev–Trinajstić information content (AvgIpc) is 1.88. The van der Waals surface area contributed by atoms with Crippen LogP contribution in [-0.2, 0) is 0 Å². The van der Waals surface area contributed by atoms with Gasteiger partial charge >= 0.3 is 6.09 Å². The number of nitrogens with one attached hydrogen (secondary N) is 1. The number of piperazine rings is 1. The summed E-state index contributed by atoms with van der Waals surface area (Å²) in [5.74, 6) is 0. The molecule has 1 aliphatic rings. The first-order chi connectivity index (χ1) is 4.70. The molecule has 1 heterocycles. The van der Waals surface area contributed by atoms with Crippen molar-refractivity contribution in [3.8, 4) is 0 Å². The van der Waals surface area contributed by atoms with Gasteiger partial charge in [-0.3, -0.25) is 5.32 Å². The van der Waals surface area contributed by atoms with Gasteiger partial charge in [0, 0.05) is 13.1 Å². The fourth-order valence-corrected chi connectivity index (χ4v) is 0.952. The molecule has 0 saturated carbocycles. The molecular formula is C5H11N3O2. The second-order valence-corrected chi connectivity index (χ2v) is 2.29. The molecule has 0 aliphatic carbocycles. The third-order valence-electron chi connectivity index (χ3n) is 1.48. The Labute approximate surface area is 58.8 Å². The van der Waals surface area contributed by atoms with Gasteiger partial charge in [-0.25, -0.2) is 4.79 Å². The SMILES string of the molecule is NC1CN(C(=O)O)CCN1. The summed E-state index contributed by atoms with van der Waals surface area (Å²) in [6.07, 6.45) is -1.10. The predicted molar refractivity (Wildman–Crippen MR) is 35.6 cm³/mol. The second kappa shape index (κ2) is 2.85. The minimum Gasteiger partial charge on any atom is -0.465 e. The highest BCUT2D eigenvalue weighted by Gasteiger charge is 2.19. The zero-order valence-corrected chi connectivity index (χ0v) is 5.58. The van der Waals surface area contributed by atoms with E-state index in [0.29, 0.717) is 19.6 Å². The van der Waals surface area contributed by atoms with Gasteiger partial charge in [-0.15, -0.1) is 0 Å². The summed E-state index contributed by atoms with van der Waals surface area (Å²) in [7, 11) is 0. The van der Waals surface area contributed by atoms with Gasteiger partial charge in [0.15, 0.2) is 0 Å². The third kappa shape index (κ3) is 1.58. The molecule has 1 fully saturated rings. The van der Waals surface area contributed by atoms with Gasteiger partial charge in [0.05, 0.1) is 12.7 Å². The van der Waals surface area contributed by atoms with Crippen molar-refractivity contribution in [2.24, 2.45) is 5.73 Å². The minimum absolute atomic E-state index is 0.204. The Bertz CT molecular complexity index is 139. The van der Waals surface area contributed by atoms with Crippen LogP contribution in [0.2, 0.25) is 0 Å². The number of nitrogens with two attached hydrogens (primary N) is 1. The van der Waals surface area contributed by atoms with Crippen LogP contribution in [0.3, 0.4) is 0 Å². The van der Waals surface area contributed by atoms with Gasteiger partial charge in [0.1, 0.15) is 0 Å². The van der Waals surface area contributed by atoms with Gasteiger partial charge in [-0.2, -0.15) is 0 Å². The Morgan fingerprint density at radius 2 is 2.50 bits per heavy atom.